The fraction of sp³-hybridized carbons (Fsp3) is 0.600. The van der Waals surface area contributed by atoms with Crippen LogP contribution >= 0.6 is 11.6 Å². The van der Waals surface area contributed by atoms with E-state index in [1.807, 2.05) is 6.92 Å². The number of aryl methyl sites for hydroxylation is 1. The van der Waals surface area contributed by atoms with Gasteiger partial charge in [-0.05, 0) is 43.5 Å². The van der Waals surface area contributed by atoms with E-state index in [0.29, 0.717) is 6.04 Å². The van der Waals surface area contributed by atoms with E-state index in [-0.39, 0.29) is 5.41 Å². The lowest BCUT2D eigenvalue weighted by Crippen LogP contribution is -2.53. The van der Waals surface area contributed by atoms with Gasteiger partial charge in [0.15, 0.2) is 0 Å². The molecule has 1 aromatic carbocycles. The van der Waals surface area contributed by atoms with Gasteiger partial charge in [-0.2, -0.15) is 0 Å². The topological polar surface area (TPSA) is 15.3 Å². The summed E-state index contributed by atoms with van der Waals surface area (Å²) < 4.78 is 0. The smallest absolute Gasteiger partial charge is 0.0455 e. The van der Waals surface area contributed by atoms with Gasteiger partial charge in [-0.15, -0.1) is 0 Å². The molecule has 2 rings (SSSR count). The minimum Gasteiger partial charge on any atom is -0.371 e. The van der Waals surface area contributed by atoms with Crippen LogP contribution in [0.3, 0.4) is 0 Å². The van der Waals surface area contributed by atoms with Crippen LogP contribution in [0.4, 0.5) is 5.69 Å². The second-order valence-electron chi connectivity index (χ2n) is 5.97. The monoisotopic (exact) mass is 266 g/mol. The van der Waals surface area contributed by atoms with Crippen molar-refractivity contribution < 1.29 is 0 Å². The molecule has 0 aromatic heterocycles. The minimum absolute atomic E-state index is 0.282. The second-order valence-corrected chi connectivity index (χ2v) is 6.38. The Labute approximate surface area is 115 Å². The van der Waals surface area contributed by atoms with Crippen LogP contribution in [0.5, 0.6) is 0 Å². The standard InChI is InChI=1S/C15H23ClN2/c1-11-5-6-12(9-13(11)16)18-8-7-14(17-4)15(2,3)10-18/h5-6,9,14,17H,7-8,10H2,1-4H3. The Bertz CT molecular complexity index is 429. The summed E-state index contributed by atoms with van der Waals surface area (Å²) in [4.78, 5) is 2.44. The summed E-state index contributed by atoms with van der Waals surface area (Å²) in [6.45, 7) is 8.86. The lowest BCUT2D eigenvalue weighted by molar-refractivity contribution is 0.215. The Morgan fingerprint density at radius 3 is 2.67 bits per heavy atom. The first-order valence-electron chi connectivity index (χ1n) is 6.62. The van der Waals surface area contributed by atoms with Gasteiger partial charge in [0, 0.05) is 29.8 Å². The van der Waals surface area contributed by atoms with E-state index in [1.54, 1.807) is 0 Å². The highest BCUT2D eigenvalue weighted by Gasteiger charge is 2.34. The van der Waals surface area contributed by atoms with Gasteiger partial charge in [-0.3, -0.25) is 0 Å². The molecule has 1 atom stereocenters. The SMILES string of the molecule is CNC1CCN(c2ccc(C)c(Cl)c2)CC1(C)C. The average Bonchev–Trinajstić information content (AvgIpc) is 2.31. The van der Waals surface area contributed by atoms with Crippen molar-refractivity contribution in [3.8, 4) is 0 Å². The van der Waals surface area contributed by atoms with Crippen molar-refractivity contribution in [3.05, 3.63) is 28.8 Å². The number of hydrogen-bond acceptors (Lipinski definition) is 2. The van der Waals surface area contributed by atoms with Crippen molar-refractivity contribution in [2.45, 2.75) is 33.2 Å². The van der Waals surface area contributed by atoms with Gasteiger partial charge < -0.3 is 10.2 Å². The molecule has 18 heavy (non-hydrogen) atoms. The summed E-state index contributed by atoms with van der Waals surface area (Å²) in [7, 11) is 2.06. The molecule has 1 saturated heterocycles. The molecule has 1 fully saturated rings. The molecule has 2 nitrogen and oxygen atoms in total. The number of halogens is 1. The van der Waals surface area contributed by atoms with Crippen LogP contribution in [0.15, 0.2) is 18.2 Å². The zero-order valence-corrected chi connectivity index (χ0v) is 12.5. The molecule has 0 amide bonds. The minimum atomic E-state index is 0.282. The summed E-state index contributed by atoms with van der Waals surface area (Å²) in [6.07, 6.45) is 1.18. The van der Waals surface area contributed by atoms with Crippen molar-refractivity contribution in [3.63, 3.8) is 0 Å². The van der Waals surface area contributed by atoms with Crippen LogP contribution in [0.1, 0.15) is 25.8 Å². The van der Waals surface area contributed by atoms with E-state index >= 15 is 0 Å². The summed E-state index contributed by atoms with van der Waals surface area (Å²) in [5.41, 5.74) is 2.67. The third-order valence-electron chi connectivity index (χ3n) is 4.10. The van der Waals surface area contributed by atoms with Crippen molar-refractivity contribution in [2.24, 2.45) is 5.41 Å². The molecule has 0 spiro atoms. The molecule has 0 radical (unpaired) electrons. The molecule has 0 aliphatic carbocycles. The lowest BCUT2D eigenvalue weighted by atomic mass is 9.79. The van der Waals surface area contributed by atoms with Crippen LogP contribution in [0, 0.1) is 12.3 Å². The van der Waals surface area contributed by atoms with Crippen molar-refractivity contribution in [1.29, 1.82) is 0 Å². The molecular formula is C15H23ClN2. The van der Waals surface area contributed by atoms with Crippen LogP contribution in [0.2, 0.25) is 5.02 Å². The number of hydrogen-bond donors (Lipinski definition) is 1. The maximum absolute atomic E-state index is 6.22. The van der Waals surface area contributed by atoms with Gasteiger partial charge >= 0.3 is 0 Å². The van der Waals surface area contributed by atoms with Crippen LogP contribution in [0.25, 0.3) is 0 Å². The predicted octanol–water partition coefficient (Wildman–Crippen LogP) is 3.47. The number of rotatable bonds is 2. The quantitative estimate of drug-likeness (QED) is 0.882. The molecule has 3 heteroatoms. The number of nitrogens with one attached hydrogen (secondary N) is 1. The zero-order chi connectivity index (χ0) is 13.3. The van der Waals surface area contributed by atoms with Crippen molar-refractivity contribution in [1.82, 2.24) is 5.32 Å². The largest absolute Gasteiger partial charge is 0.371 e. The molecule has 1 unspecified atom stereocenters. The number of piperidine rings is 1. The van der Waals surface area contributed by atoms with Gasteiger partial charge in [0.05, 0.1) is 0 Å². The highest BCUT2D eigenvalue weighted by Crippen LogP contribution is 2.33. The zero-order valence-electron chi connectivity index (χ0n) is 11.8. The molecular weight excluding hydrogens is 244 g/mol. The van der Waals surface area contributed by atoms with Crippen LogP contribution in [-0.2, 0) is 0 Å². The third-order valence-corrected chi connectivity index (χ3v) is 4.51. The van der Waals surface area contributed by atoms with E-state index in [1.165, 1.54) is 12.1 Å². The summed E-state index contributed by atoms with van der Waals surface area (Å²) in [6, 6.07) is 6.97. The Morgan fingerprint density at radius 1 is 1.39 bits per heavy atom. The Kier molecular flexibility index (Phi) is 3.88. The van der Waals surface area contributed by atoms with E-state index in [9.17, 15) is 0 Å². The van der Waals surface area contributed by atoms with E-state index < -0.39 is 0 Å². The number of anilines is 1. The molecule has 1 N–H and O–H groups in total. The molecule has 1 aromatic rings. The fourth-order valence-corrected chi connectivity index (χ4v) is 3.07. The van der Waals surface area contributed by atoms with E-state index in [4.69, 9.17) is 11.6 Å². The Balaban J connectivity index is 2.18. The average molecular weight is 267 g/mol. The Morgan fingerprint density at radius 2 is 2.11 bits per heavy atom. The van der Waals surface area contributed by atoms with Gasteiger partial charge in [0.2, 0.25) is 0 Å². The van der Waals surface area contributed by atoms with Crippen LogP contribution in [-0.4, -0.2) is 26.2 Å². The lowest BCUT2D eigenvalue weighted by Gasteiger charge is -2.45. The maximum atomic E-state index is 6.22. The van der Waals surface area contributed by atoms with Crippen molar-refractivity contribution >= 4 is 17.3 Å². The first-order valence-corrected chi connectivity index (χ1v) is 7.00. The molecule has 1 aliphatic rings. The third kappa shape index (κ3) is 2.65. The molecule has 0 bridgehead atoms. The first kappa shape index (κ1) is 13.7. The van der Waals surface area contributed by atoms with E-state index in [0.717, 1.165) is 23.7 Å². The van der Waals surface area contributed by atoms with Crippen LogP contribution < -0.4 is 10.2 Å². The second kappa shape index (κ2) is 5.10. The maximum Gasteiger partial charge on any atom is 0.0455 e. The van der Waals surface area contributed by atoms with Gasteiger partial charge in [0.25, 0.3) is 0 Å². The highest BCUT2D eigenvalue weighted by molar-refractivity contribution is 6.31. The molecule has 0 saturated carbocycles. The van der Waals surface area contributed by atoms with Gasteiger partial charge in [0.1, 0.15) is 0 Å². The molecule has 1 heterocycles. The van der Waals surface area contributed by atoms with Crippen molar-refractivity contribution in [2.75, 3.05) is 25.0 Å². The first-order chi connectivity index (χ1) is 8.44. The van der Waals surface area contributed by atoms with E-state index in [2.05, 4.69) is 49.3 Å². The van der Waals surface area contributed by atoms with Gasteiger partial charge in [-0.1, -0.05) is 31.5 Å². The molecule has 100 valence electrons. The van der Waals surface area contributed by atoms with Gasteiger partial charge in [-0.25, -0.2) is 0 Å². The highest BCUT2D eigenvalue weighted by atomic mass is 35.5. The summed E-state index contributed by atoms with van der Waals surface area (Å²) >= 11 is 6.22. The Hall–Kier alpha value is -0.730. The normalized spacial score (nSPS) is 23.2. The summed E-state index contributed by atoms with van der Waals surface area (Å²) in [5.74, 6) is 0. The fourth-order valence-electron chi connectivity index (χ4n) is 2.89. The number of benzene rings is 1. The predicted molar refractivity (Wildman–Crippen MR) is 79.6 cm³/mol. The summed E-state index contributed by atoms with van der Waals surface area (Å²) in [5, 5.41) is 4.30. The number of nitrogens with zero attached hydrogens (tertiary/aromatic N) is 1. The molecule has 1 aliphatic heterocycles.